The Balaban J connectivity index is 1.41. The summed E-state index contributed by atoms with van der Waals surface area (Å²) in [5, 5.41) is 0. The van der Waals surface area contributed by atoms with E-state index in [0.717, 1.165) is 61.8 Å². The lowest BCUT2D eigenvalue weighted by Gasteiger charge is -2.35. The number of aromatic nitrogens is 1. The maximum Gasteiger partial charge on any atom is 0.306 e. The molecule has 0 aliphatic carbocycles. The number of ether oxygens (including phenoxy) is 2. The van der Waals surface area contributed by atoms with E-state index in [4.69, 9.17) is 9.47 Å². The molecule has 1 aromatic carbocycles. The predicted octanol–water partition coefficient (Wildman–Crippen LogP) is 3.18. The lowest BCUT2D eigenvalue weighted by atomic mass is 10.1. The molecule has 0 N–H and O–H groups in total. The third-order valence-electron chi connectivity index (χ3n) is 5.49. The van der Waals surface area contributed by atoms with Gasteiger partial charge in [-0.2, -0.15) is 0 Å². The number of anilines is 1. The molecule has 0 saturated carbocycles. The van der Waals surface area contributed by atoms with Crippen LogP contribution in [-0.4, -0.2) is 68.1 Å². The molecular weight excluding hydrogens is 394 g/mol. The van der Waals surface area contributed by atoms with E-state index < -0.39 is 0 Å². The van der Waals surface area contributed by atoms with Crippen LogP contribution in [0.25, 0.3) is 11.1 Å². The van der Waals surface area contributed by atoms with Crippen molar-refractivity contribution in [3.05, 3.63) is 42.6 Å². The largest absolute Gasteiger partial charge is 0.497 e. The van der Waals surface area contributed by atoms with Crippen molar-refractivity contribution in [2.24, 2.45) is 0 Å². The van der Waals surface area contributed by atoms with Gasteiger partial charge in [-0.1, -0.05) is 19.1 Å². The summed E-state index contributed by atoms with van der Waals surface area (Å²) in [6.07, 6.45) is 3.40. The van der Waals surface area contributed by atoms with Crippen molar-refractivity contribution in [1.29, 1.82) is 0 Å². The smallest absolute Gasteiger partial charge is 0.306 e. The van der Waals surface area contributed by atoms with Gasteiger partial charge in [0.05, 0.1) is 7.11 Å². The highest BCUT2D eigenvalue weighted by Crippen LogP contribution is 2.25. The molecule has 1 saturated heterocycles. The molecule has 0 amide bonds. The molecular formula is C24H31N3O4. The number of rotatable bonds is 10. The molecule has 0 bridgehead atoms. The van der Waals surface area contributed by atoms with E-state index in [1.165, 1.54) is 0 Å². The minimum atomic E-state index is -0.291. The van der Waals surface area contributed by atoms with Crippen LogP contribution in [0.4, 0.5) is 5.82 Å². The number of ketones is 1. The van der Waals surface area contributed by atoms with Crippen LogP contribution in [0.2, 0.25) is 0 Å². The second kappa shape index (κ2) is 11.5. The first-order valence-electron chi connectivity index (χ1n) is 10.8. The summed E-state index contributed by atoms with van der Waals surface area (Å²) >= 11 is 0. The third kappa shape index (κ3) is 6.79. The lowest BCUT2D eigenvalue weighted by molar-refractivity contribution is -0.148. The van der Waals surface area contributed by atoms with E-state index >= 15 is 0 Å². The average molecular weight is 426 g/mol. The molecule has 7 nitrogen and oxygen atoms in total. The third-order valence-corrected chi connectivity index (χ3v) is 5.49. The summed E-state index contributed by atoms with van der Waals surface area (Å²) in [7, 11) is 1.67. The highest BCUT2D eigenvalue weighted by Gasteiger charge is 2.18. The second-order valence-electron chi connectivity index (χ2n) is 7.62. The van der Waals surface area contributed by atoms with E-state index in [2.05, 4.69) is 33.0 Å². The molecule has 1 aliphatic heterocycles. The summed E-state index contributed by atoms with van der Waals surface area (Å²) in [6, 6.07) is 12.1. The van der Waals surface area contributed by atoms with Crippen molar-refractivity contribution in [3.63, 3.8) is 0 Å². The number of hydrogen-bond acceptors (Lipinski definition) is 7. The minimum Gasteiger partial charge on any atom is -0.497 e. The standard InChI is InChI=1S/C24H31N3O4/c1-3-21(28)18-31-24(29)8-5-11-26-12-14-27(15-13-26)23-10-9-20(17-25-23)19-6-4-7-22(16-19)30-2/h4,6-7,9-10,16-17H,3,5,8,11-15,18H2,1-2H3. The summed E-state index contributed by atoms with van der Waals surface area (Å²) in [6.45, 7) is 6.19. The molecule has 2 aromatic rings. The van der Waals surface area contributed by atoms with Gasteiger partial charge in [-0.05, 0) is 42.8 Å². The zero-order chi connectivity index (χ0) is 22.1. The zero-order valence-electron chi connectivity index (χ0n) is 18.4. The van der Waals surface area contributed by atoms with Crippen molar-refractivity contribution < 1.29 is 19.1 Å². The fraction of sp³-hybridized carbons (Fsp3) is 0.458. The molecule has 2 heterocycles. The number of piperazine rings is 1. The Labute approximate surface area is 184 Å². The maximum absolute atomic E-state index is 11.7. The Bertz CT molecular complexity index is 861. The highest BCUT2D eigenvalue weighted by molar-refractivity contribution is 5.82. The number of carbonyl (C=O) groups is 2. The van der Waals surface area contributed by atoms with Crippen LogP contribution in [0.1, 0.15) is 26.2 Å². The van der Waals surface area contributed by atoms with Gasteiger partial charge in [0.15, 0.2) is 5.78 Å². The highest BCUT2D eigenvalue weighted by atomic mass is 16.5. The molecule has 0 spiro atoms. The van der Waals surface area contributed by atoms with Crippen LogP contribution in [0.3, 0.4) is 0 Å². The van der Waals surface area contributed by atoms with Crippen LogP contribution >= 0.6 is 0 Å². The van der Waals surface area contributed by atoms with Gasteiger partial charge in [0, 0.05) is 50.8 Å². The molecule has 31 heavy (non-hydrogen) atoms. The number of Topliss-reactive ketones (excluding diaryl/α,β-unsaturated/α-hetero) is 1. The van der Waals surface area contributed by atoms with E-state index in [-0.39, 0.29) is 18.4 Å². The van der Waals surface area contributed by atoms with Crippen LogP contribution in [0.15, 0.2) is 42.6 Å². The fourth-order valence-electron chi connectivity index (χ4n) is 3.53. The van der Waals surface area contributed by atoms with Gasteiger partial charge >= 0.3 is 5.97 Å². The Kier molecular flexibility index (Phi) is 8.41. The van der Waals surface area contributed by atoms with Gasteiger partial charge in [0.1, 0.15) is 18.2 Å². The average Bonchev–Trinajstić information content (AvgIpc) is 2.83. The van der Waals surface area contributed by atoms with Crippen molar-refractivity contribution >= 4 is 17.6 Å². The molecule has 1 aromatic heterocycles. The monoisotopic (exact) mass is 425 g/mol. The molecule has 0 radical (unpaired) electrons. The molecule has 1 fully saturated rings. The van der Waals surface area contributed by atoms with Crippen LogP contribution < -0.4 is 9.64 Å². The van der Waals surface area contributed by atoms with Gasteiger partial charge in [0.25, 0.3) is 0 Å². The molecule has 166 valence electrons. The first-order chi connectivity index (χ1) is 15.1. The van der Waals surface area contributed by atoms with E-state index in [1.54, 1.807) is 14.0 Å². The van der Waals surface area contributed by atoms with Crippen LogP contribution in [0, 0.1) is 0 Å². The minimum absolute atomic E-state index is 0.0467. The van der Waals surface area contributed by atoms with Crippen molar-refractivity contribution in [1.82, 2.24) is 9.88 Å². The molecule has 1 aliphatic rings. The van der Waals surface area contributed by atoms with Gasteiger partial charge < -0.3 is 14.4 Å². The Morgan fingerprint density at radius 2 is 1.87 bits per heavy atom. The Morgan fingerprint density at radius 3 is 2.55 bits per heavy atom. The summed E-state index contributed by atoms with van der Waals surface area (Å²) < 4.78 is 10.3. The normalized spacial score (nSPS) is 14.3. The van der Waals surface area contributed by atoms with Crippen LogP contribution in [-0.2, 0) is 14.3 Å². The summed E-state index contributed by atoms with van der Waals surface area (Å²) in [5.74, 6) is 1.48. The number of benzene rings is 1. The number of esters is 1. The number of nitrogens with zero attached hydrogens (tertiary/aromatic N) is 3. The SMILES string of the molecule is CCC(=O)COC(=O)CCCN1CCN(c2ccc(-c3cccc(OC)c3)cn2)CC1. The number of hydrogen-bond donors (Lipinski definition) is 0. The van der Waals surface area contributed by atoms with Gasteiger partial charge in [-0.25, -0.2) is 4.98 Å². The molecule has 7 heteroatoms. The topological polar surface area (TPSA) is 72.0 Å². The predicted molar refractivity (Wildman–Crippen MR) is 120 cm³/mol. The quantitative estimate of drug-likeness (QED) is 0.542. The number of carbonyl (C=O) groups excluding carboxylic acids is 2. The summed E-state index contributed by atoms with van der Waals surface area (Å²) in [4.78, 5) is 32.2. The first-order valence-corrected chi connectivity index (χ1v) is 10.8. The van der Waals surface area contributed by atoms with Crippen molar-refractivity contribution in [2.45, 2.75) is 26.2 Å². The zero-order valence-corrected chi connectivity index (χ0v) is 18.4. The number of methoxy groups -OCH3 is 1. The Morgan fingerprint density at radius 1 is 1.06 bits per heavy atom. The van der Waals surface area contributed by atoms with E-state index in [0.29, 0.717) is 12.8 Å². The molecule has 3 rings (SSSR count). The molecule has 0 unspecified atom stereocenters. The van der Waals surface area contributed by atoms with Crippen LogP contribution in [0.5, 0.6) is 5.75 Å². The van der Waals surface area contributed by atoms with E-state index in [1.807, 2.05) is 24.4 Å². The Hall–Kier alpha value is -2.93. The van der Waals surface area contributed by atoms with E-state index in [9.17, 15) is 9.59 Å². The van der Waals surface area contributed by atoms with Crippen molar-refractivity contribution in [2.75, 3.05) is 51.3 Å². The van der Waals surface area contributed by atoms with Gasteiger partial charge in [-0.15, -0.1) is 0 Å². The molecule has 0 atom stereocenters. The maximum atomic E-state index is 11.7. The van der Waals surface area contributed by atoms with Gasteiger partial charge in [-0.3, -0.25) is 14.5 Å². The lowest BCUT2D eigenvalue weighted by Crippen LogP contribution is -2.47. The van der Waals surface area contributed by atoms with Crippen molar-refractivity contribution in [3.8, 4) is 16.9 Å². The number of pyridine rings is 1. The summed E-state index contributed by atoms with van der Waals surface area (Å²) in [5.41, 5.74) is 2.15. The fourth-order valence-corrected chi connectivity index (χ4v) is 3.53. The second-order valence-corrected chi connectivity index (χ2v) is 7.62. The first kappa shape index (κ1) is 22.7. The van der Waals surface area contributed by atoms with Gasteiger partial charge in [0.2, 0.25) is 0 Å².